The second-order valence-electron chi connectivity index (χ2n) is 11.3. The van der Waals surface area contributed by atoms with Gasteiger partial charge in [-0.25, -0.2) is 0 Å². The van der Waals surface area contributed by atoms with Crippen molar-refractivity contribution in [2.45, 2.75) is 39.5 Å². The Hall–Kier alpha value is -4.43. The van der Waals surface area contributed by atoms with E-state index in [1.165, 1.54) is 49.6 Å². The number of aryl methyl sites for hydroxylation is 2. The second-order valence-corrected chi connectivity index (χ2v) is 11.3. The van der Waals surface area contributed by atoms with Gasteiger partial charge in [0.05, 0.1) is 16.7 Å². The first-order valence-corrected chi connectivity index (χ1v) is 13.8. The molecule has 0 bridgehead atoms. The van der Waals surface area contributed by atoms with Gasteiger partial charge in [-0.05, 0) is 77.1 Å². The van der Waals surface area contributed by atoms with Crippen LogP contribution in [0.2, 0.25) is 0 Å². The van der Waals surface area contributed by atoms with Crippen LogP contribution in [0.3, 0.4) is 0 Å². The minimum Gasteiger partial charge on any atom is -0.309 e. The van der Waals surface area contributed by atoms with Gasteiger partial charge in [0.1, 0.15) is 0 Å². The third-order valence-corrected chi connectivity index (χ3v) is 8.72. The molecule has 1 aliphatic heterocycles. The number of fused-ring (bicyclic) bond motifs is 5. The number of hydrogen-bond acceptors (Lipinski definition) is 1. The van der Waals surface area contributed by atoms with Crippen molar-refractivity contribution in [3.8, 4) is 16.8 Å². The summed E-state index contributed by atoms with van der Waals surface area (Å²) < 4.78 is 2.39. The molecule has 0 radical (unpaired) electrons. The standard InChI is InChI=1S/C37H31NO/c1-5-24-11-6-7-12-28(24)27-19-17-25(21-23(27)2)36(39)26-18-20-34-32(22-26)37(3,4)31-15-10-14-30-29-13-8-9-16-33(29)38(34)35(30)31/h6-22H,5H2,1-4H3. The zero-order chi connectivity index (χ0) is 26.9. The first kappa shape index (κ1) is 23.7. The molecule has 0 N–H and O–H groups in total. The molecular formula is C37H31NO. The molecule has 2 nitrogen and oxygen atoms in total. The summed E-state index contributed by atoms with van der Waals surface area (Å²) in [6.07, 6.45) is 0.979. The van der Waals surface area contributed by atoms with Crippen LogP contribution >= 0.6 is 0 Å². The molecule has 1 aromatic heterocycles. The molecule has 39 heavy (non-hydrogen) atoms. The van der Waals surface area contributed by atoms with E-state index in [-0.39, 0.29) is 11.2 Å². The monoisotopic (exact) mass is 505 g/mol. The quantitative estimate of drug-likeness (QED) is 0.219. The summed E-state index contributed by atoms with van der Waals surface area (Å²) in [4.78, 5) is 13.9. The summed E-state index contributed by atoms with van der Waals surface area (Å²) in [6, 6.07) is 36.2. The van der Waals surface area contributed by atoms with Crippen LogP contribution in [0.5, 0.6) is 0 Å². The molecule has 0 saturated heterocycles. The van der Waals surface area contributed by atoms with E-state index in [1.807, 2.05) is 18.2 Å². The van der Waals surface area contributed by atoms with Gasteiger partial charge in [0.25, 0.3) is 0 Å². The van der Waals surface area contributed by atoms with Crippen molar-refractivity contribution in [1.29, 1.82) is 0 Å². The zero-order valence-corrected chi connectivity index (χ0v) is 22.9. The molecule has 0 fully saturated rings. The Morgan fingerprint density at radius 2 is 1.44 bits per heavy atom. The van der Waals surface area contributed by atoms with E-state index in [2.05, 4.69) is 117 Å². The van der Waals surface area contributed by atoms with Crippen molar-refractivity contribution in [3.05, 3.63) is 137 Å². The van der Waals surface area contributed by atoms with E-state index >= 15 is 0 Å². The number of rotatable bonds is 4. The maximum atomic E-state index is 13.9. The number of carbonyl (C=O) groups excluding carboxylic acids is 1. The highest BCUT2D eigenvalue weighted by Gasteiger charge is 2.35. The lowest BCUT2D eigenvalue weighted by Gasteiger charge is -2.35. The lowest BCUT2D eigenvalue weighted by molar-refractivity contribution is 0.103. The fourth-order valence-corrected chi connectivity index (χ4v) is 6.66. The SMILES string of the molecule is CCc1ccccc1-c1ccc(C(=O)c2ccc3c(c2)C(C)(C)c2cccc4c5ccccc5n-3c24)cc1C. The van der Waals surface area contributed by atoms with Crippen molar-refractivity contribution in [2.75, 3.05) is 0 Å². The minimum absolute atomic E-state index is 0.0633. The lowest BCUT2D eigenvalue weighted by atomic mass is 9.74. The summed E-state index contributed by atoms with van der Waals surface area (Å²) in [7, 11) is 0. The molecule has 0 unspecified atom stereocenters. The maximum absolute atomic E-state index is 13.9. The van der Waals surface area contributed by atoms with Crippen LogP contribution in [-0.4, -0.2) is 10.4 Å². The second kappa shape index (κ2) is 8.54. The van der Waals surface area contributed by atoms with Crippen LogP contribution in [0.1, 0.15) is 58.9 Å². The summed E-state index contributed by atoms with van der Waals surface area (Å²) in [5.74, 6) is 0.0633. The van der Waals surface area contributed by atoms with E-state index in [4.69, 9.17) is 0 Å². The highest BCUT2D eigenvalue weighted by molar-refractivity contribution is 6.12. The van der Waals surface area contributed by atoms with E-state index in [0.29, 0.717) is 0 Å². The fraction of sp³-hybridized carbons (Fsp3) is 0.162. The van der Waals surface area contributed by atoms with Crippen LogP contribution in [0.15, 0.2) is 103 Å². The number of aromatic nitrogens is 1. The predicted molar refractivity (Wildman–Crippen MR) is 162 cm³/mol. The highest BCUT2D eigenvalue weighted by atomic mass is 16.1. The van der Waals surface area contributed by atoms with Crippen molar-refractivity contribution in [1.82, 2.24) is 4.57 Å². The summed E-state index contributed by atoms with van der Waals surface area (Å²) in [5.41, 5.74) is 12.2. The molecule has 0 amide bonds. The molecule has 0 atom stereocenters. The Kier molecular flexibility index (Phi) is 5.18. The van der Waals surface area contributed by atoms with E-state index in [1.54, 1.807) is 0 Å². The van der Waals surface area contributed by atoms with Crippen molar-refractivity contribution in [3.63, 3.8) is 0 Å². The van der Waals surface area contributed by atoms with Gasteiger partial charge in [-0.2, -0.15) is 0 Å². The van der Waals surface area contributed by atoms with Crippen LogP contribution in [0, 0.1) is 6.92 Å². The number of nitrogens with zero attached hydrogens (tertiary/aromatic N) is 1. The van der Waals surface area contributed by atoms with Crippen LogP contribution in [0.4, 0.5) is 0 Å². The molecule has 0 saturated carbocycles. The van der Waals surface area contributed by atoms with Gasteiger partial charge in [-0.15, -0.1) is 0 Å². The molecule has 2 heteroatoms. The first-order valence-electron chi connectivity index (χ1n) is 13.8. The Bertz CT molecular complexity index is 1950. The normalized spacial score (nSPS) is 13.5. The molecule has 0 aliphatic carbocycles. The molecule has 190 valence electrons. The van der Waals surface area contributed by atoms with Gasteiger partial charge in [0.15, 0.2) is 5.78 Å². The first-order chi connectivity index (χ1) is 18.9. The molecule has 1 aliphatic rings. The van der Waals surface area contributed by atoms with Gasteiger partial charge in [0.2, 0.25) is 0 Å². The van der Waals surface area contributed by atoms with Crippen molar-refractivity contribution >= 4 is 27.6 Å². The number of benzene rings is 5. The van der Waals surface area contributed by atoms with Gasteiger partial charge >= 0.3 is 0 Å². The van der Waals surface area contributed by atoms with E-state index < -0.39 is 0 Å². The number of carbonyl (C=O) groups is 1. The molecular weight excluding hydrogens is 474 g/mol. The maximum Gasteiger partial charge on any atom is 0.193 e. The third kappa shape index (κ3) is 3.37. The van der Waals surface area contributed by atoms with Gasteiger partial charge in [0, 0.05) is 27.3 Å². The fourth-order valence-electron chi connectivity index (χ4n) is 6.66. The Morgan fingerprint density at radius 1 is 0.718 bits per heavy atom. The topological polar surface area (TPSA) is 22.0 Å². The molecule has 5 aromatic carbocycles. The number of hydrogen-bond donors (Lipinski definition) is 0. The Morgan fingerprint density at radius 3 is 2.26 bits per heavy atom. The molecule has 6 aromatic rings. The van der Waals surface area contributed by atoms with Crippen LogP contribution in [-0.2, 0) is 11.8 Å². The smallest absolute Gasteiger partial charge is 0.193 e. The lowest BCUT2D eigenvalue weighted by Crippen LogP contribution is -2.26. The van der Waals surface area contributed by atoms with Gasteiger partial charge in [-0.1, -0.05) is 93.6 Å². The highest BCUT2D eigenvalue weighted by Crippen LogP contribution is 2.47. The van der Waals surface area contributed by atoms with E-state index in [9.17, 15) is 4.79 Å². The number of ketones is 1. The predicted octanol–water partition coefficient (Wildman–Crippen LogP) is 9.19. The summed E-state index contributed by atoms with van der Waals surface area (Å²) in [5, 5.41) is 2.54. The molecule has 0 spiro atoms. The summed E-state index contributed by atoms with van der Waals surface area (Å²) in [6.45, 7) is 8.84. The van der Waals surface area contributed by atoms with Crippen molar-refractivity contribution < 1.29 is 4.79 Å². The average Bonchev–Trinajstić information content (AvgIpc) is 3.30. The average molecular weight is 506 g/mol. The molecule has 2 heterocycles. The largest absolute Gasteiger partial charge is 0.309 e. The van der Waals surface area contributed by atoms with Gasteiger partial charge in [-0.3, -0.25) is 4.79 Å². The number of para-hydroxylation sites is 2. The minimum atomic E-state index is -0.237. The van der Waals surface area contributed by atoms with Crippen LogP contribution < -0.4 is 0 Å². The van der Waals surface area contributed by atoms with Crippen molar-refractivity contribution in [2.24, 2.45) is 0 Å². The Balaban J connectivity index is 1.35. The van der Waals surface area contributed by atoms with Gasteiger partial charge < -0.3 is 4.57 Å². The zero-order valence-electron chi connectivity index (χ0n) is 22.9. The Labute approximate surface area is 229 Å². The van der Waals surface area contributed by atoms with E-state index in [0.717, 1.165) is 28.8 Å². The molecule has 7 rings (SSSR count). The third-order valence-electron chi connectivity index (χ3n) is 8.72. The summed E-state index contributed by atoms with van der Waals surface area (Å²) >= 11 is 0. The van der Waals surface area contributed by atoms with Crippen LogP contribution in [0.25, 0.3) is 38.6 Å².